The number of carbonyl (C=O) groups excluding carboxylic acids is 3. The Labute approximate surface area is 326 Å². The molecule has 0 N–H and O–H groups in total. The SMILES string of the molecule is Cc1cc(C[C@H]2CN(C(=O)OC(C)(C)C)C[C@H]2OCCN(CCc2cccc(F)c2)C(=O)OC(C)(C)C)nc(N(Cc2ccccc2)C(=O)OC(C)(C)C)c1. The Balaban J connectivity index is 1.56. The lowest BCUT2D eigenvalue weighted by molar-refractivity contribution is -0.000927. The van der Waals surface area contributed by atoms with E-state index in [9.17, 15) is 18.8 Å². The Hall–Kier alpha value is -4.71. The van der Waals surface area contributed by atoms with Gasteiger partial charge in [-0.1, -0.05) is 42.5 Å². The van der Waals surface area contributed by atoms with Gasteiger partial charge in [-0.15, -0.1) is 0 Å². The van der Waals surface area contributed by atoms with Crippen molar-refractivity contribution >= 4 is 24.1 Å². The fraction of sp³-hybridized carbons (Fsp3) is 0.535. The van der Waals surface area contributed by atoms with Crippen LogP contribution in [0, 0.1) is 18.7 Å². The first-order chi connectivity index (χ1) is 25.6. The van der Waals surface area contributed by atoms with Crippen LogP contribution in [-0.2, 0) is 38.3 Å². The van der Waals surface area contributed by atoms with Crippen LogP contribution in [-0.4, -0.2) is 88.8 Å². The number of hydrogen-bond acceptors (Lipinski definition) is 8. The molecule has 0 unspecified atom stereocenters. The van der Waals surface area contributed by atoms with E-state index in [1.165, 1.54) is 12.1 Å². The minimum absolute atomic E-state index is 0.168. The van der Waals surface area contributed by atoms with Crippen molar-refractivity contribution in [2.75, 3.05) is 37.7 Å². The molecule has 1 aromatic heterocycles. The maximum absolute atomic E-state index is 13.9. The fourth-order valence-corrected chi connectivity index (χ4v) is 6.15. The standard InChI is InChI=1S/C43H59FN4O7/c1-30-23-35(45-37(24-30)48(40(51)55-43(8,9)10)27-32-15-12-11-13-16-32)26-33-28-47(39(50)54-42(5,6)7)29-36(33)52-22-21-46(38(49)53-41(2,3)4)20-19-31-17-14-18-34(44)25-31/h11-18,23-25,33,36H,19-22,26-29H2,1-10H3/t33-,36+/m0/s1. The van der Waals surface area contributed by atoms with Gasteiger partial charge in [0.1, 0.15) is 28.4 Å². The highest BCUT2D eigenvalue weighted by Gasteiger charge is 2.38. The number of ether oxygens (including phenoxy) is 4. The second-order valence-electron chi connectivity index (χ2n) is 17.2. The van der Waals surface area contributed by atoms with Crippen LogP contribution in [0.2, 0.25) is 0 Å². The Morgan fingerprint density at radius 3 is 2.05 bits per heavy atom. The second kappa shape index (κ2) is 18.3. The van der Waals surface area contributed by atoms with Crippen LogP contribution in [0.25, 0.3) is 0 Å². The Kier molecular flexibility index (Phi) is 14.3. The van der Waals surface area contributed by atoms with Crippen LogP contribution in [0.4, 0.5) is 24.6 Å². The van der Waals surface area contributed by atoms with Gasteiger partial charge in [0, 0.05) is 31.2 Å². The molecule has 1 aliphatic heterocycles. The number of nitrogens with zero attached hydrogens (tertiary/aromatic N) is 4. The van der Waals surface area contributed by atoms with E-state index in [2.05, 4.69) is 0 Å². The number of amides is 3. The summed E-state index contributed by atoms with van der Waals surface area (Å²) in [6, 6.07) is 19.8. The van der Waals surface area contributed by atoms with Crippen LogP contribution in [0.15, 0.2) is 66.7 Å². The number of aromatic nitrogens is 1. The molecule has 0 radical (unpaired) electrons. The number of benzene rings is 2. The molecule has 0 aliphatic carbocycles. The summed E-state index contributed by atoms with van der Waals surface area (Å²) in [5.74, 6) is -0.0599. The van der Waals surface area contributed by atoms with Gasteiger partial charge in [0.15, 0.2) is 0 Å². The largest absolute Gasteiger partial charge is 0.444 e. The first-order valence-corrected chi connectivity index (χ1v) is 19.0. The van der Waals surface area contributed by atoms with Crippen LogP contribution >= 0.6 is 0 Å². The van der Waals surface area contributed by atoms with Crippen molar-refractivity contribution < 1.29 is 37.7 Å². The minimum Gasteiger partial charge on any atom is -0.444 e. The van der Waals surface area contributed by atoms with Crippen LogP contribution in [0.5, 0.6) is 0 Å². The van der Waals surface area contributed by atoms with E-state index in [4.69, 9.17) is 23.9 Å². The summed E-state index contributed by atoms with van der Waals surface area (Å²) in [5, 5.41) is 0. The first-order valence-electron chi connectivity index (χ1n) is 19.0. The van der Waals surface area contributed by atoms with Gasteiger partial charge in [0.05, 0.1) is 25.8 Å². The average Bonchev–Trinajstić information content (AvgIpc) is 3.45. The molecule has 1 saturated heterocycles. The number of aryl methyl sites for hydroxylation is 1. The number of pyridine rings is 1. The predicted molar refractivity (Wildman–Crippen MR) is 210 cm³/mol. The number of anilines is 1. The van der Waals surface area contributed by atoms with E-state index in [1.54, 1.807) is 41.5 Å². The van der Waals surface area contributed by atoms with Gasteiger partial charge in [-0.25, -0.2) is 23.8 Å². The molecule has 2 aromatic carbocycles. The lowest BCUT2D eigenvalue weighted by atomic mass is 9.98. The summed E-state index contributed by atoms with van der Waals surface area (Å²) in [6.07, 6.45) is -0.972. The van der Waals surface area contributed by atoms with Gasteiger partial charge in [-0.05, 0) is 123 Å². The number of halogens is 1. The molecule has 0 spiro atoms. The van der Waals surface area contributed by atoms with Gasteiger partial charge in [-0.2, -0.15) is 0 Å². The smallest absolute Gasteiger partial charge is 0.416 e. The lowest BCUT2D eigenvalue weighted by Gasteiger charge is -2.28. The molecule has 55 heavy (non-hydrogen) atoms. The summed E-state index contributed by atoms with van der Waals surface area (Å²) in [5.41, 5.74) is 1.22. The van der Waals surface area contributed by atoms with E-state index in [0.717, 1.165) is 22.4 Å². The zero-order valence-electron chi connectivity index (χ0n) is 34.2. The molecule has 3 aromatic rings. The third kappa shape index (κ3) is 14.5. The summed E-state index contributed by atoms with van der Waals surface area (Å²) >= 11 is 0. The van der Waals surface area contributed by atoms with E-state index < -0.39 is 41.2 Å². The van der Waals surface area contributed by atoms with Crippen molar-refractivity contribution in [1.29, 1.82) is 0 Å². The van der Waals surface area contributed by atoms with Crippen molar-refractivity contribution in [3.8, 4) is 0 Å². The Morgan fingerprint density at radius 1 is 0.782 bits per heavy atom. The first kappa shape index (κ1) is 43.0. The molecule has 3 amide bonds. The highest BCUT2D eigenvalue weighted by molar-refractivity contribution is 5.86. The summed E-state index contributed by atoms with van der Waals surface area (Å²) in [6.45, 7) is 19.9. The topological polar surface area (TPSA) is 111 Å². The molecule has 300 valence electrons. The number of rotatable bonds is 12. The van der Waals surface area contributed by atoms with Crippen LogP contribution < -0.4 is 4.90 Å². The van der Waals surface area contributed by atoms with Crippen molar-refractivity contribution in [3.05, 3.63) is 94.9 Å². The third-order valence-electron chi connectivity index (χ3n) is 8.49. The second-order valence-corrected chi connectivity index (χ2v) is 17.2. The zero-order valence-corrected chi connectivity index (χ0v) is 34.2. The molecule has 11 nitrogen and oxygen atoms in total. The molecule has 2 heterocycles. The molecule has 0 bridgehead atoms. The molecule has 2 atom stereocenters. The van der Waals surface area contributed by atoms with Crippen molar-refractivity contribution in [3.63, 3.8) is 0 Å². The van der Waals surface area contributed by atoms with E-state index in [1.807, 2.05) is 97.0 Å². The quantitative estimate of drug-likeness (QED) is 0.169. The molecule has 1 aliphatic rings. The van der Waals surface area contributed by atoms with Crippen molar-refractivity contribution in [2.45, 2.75) is 112 Å². The molecule has 1 fully saturated rings. The maximum atomic E-state index is 13.9. The van der Waals surface area contributed by atoms with Gasteiger partial charge >= 0.3 is 18.3 Å². The van der Waals surface area contributed by atoms with Gasteiger partial charge in [0.25, 0.3) is 0 Å². The highest BCUT2D eigenvalue weighted by atomic mass is 19.1. The van der Waals surface area contributed by atoms with Crippen LogP contribution in [0.3, 0.4) is 0 Å². The number of likely N-dealkylation sites (tertiary alicyclic amines) is 1. The van der Waals surface area contributed by atoms with Crippen molar-refractivity contribution in [1.82, 2.24) is 14.8 Å². The lowest BCUT2D eigenvalue weighted by Crippen LogP contribution is -2.41. The molecular formula is C43H59FN4O7. The maximum Gasteiger partial charge on any atom is 0.416 e. The summed E-state index contributed by atoms with van der Waals surface area (Å²) in [7, 11) is 0. The van der Waals surface area contributed by atoms with E-state index >= 15 is 0 Å². The minimum atomic E-state index is -0.712. The van der Waals surface area contributed by atoms with E-state index in [0.29, 0.717) is 31.7 Å². The molecule has 12 heteroatoms. The molecule has 0 saturated carbocycles. The summed E-state index contributed by atoms with van der Waals surface area (Å²) < 4.78 is 37.6. The molecular weight excluding hydrogens is 703 g/mol. The van der Waals surface area contributed by atoms with Gasteiger partial charge in [-0.3, -0.25) is 4.90 Å². The van der Waals surface area contributed by atoms with E-state index in [-0.39, 0.29) is 38.0 Å². The Bertz CT molecular complexity index is 1750. The fourth-order valence-electron chi connectivity index (χ4n) is 6.15. The summed E-state index contributed by atoms with van der Waals surface area (Å²) in [4.78, 5) is 49.9. The van der Waals surface area contributed by atoms with Gasteiger partial charge < -0.3 is 28.7 Å². The highest BCUT2D eigenvalue weighted by Crippen LogP contribution is 2.28. The normalized spacial score (nSPS) is 16.1. The average molecular weight is 763 g/mol. The monoisotopic (exact) mass is 762 g/mol. The Morgan fingerprint density at radius 2 is 1.42 bits per heavy atom. The number of carbonyl (C=O) groups is 3. The van der Waals surface area contributed by atoms with Crippen LogP contribution in [0.1, 0.15) is 84.7 Å². The number of hydrogen-bond donors (Lipinski definition) is 0. The zero-order chi connectivity index (χ0) is 40.6. The van der Waals surface area contributed by atoms with Crippen molar-refractivity contribution in [2.24, 2.45) is 5.92 Å². The molecule has 4 rings (SSSR count). The third-order valence-corrected chi connectivity index (χ3v) is 8.49. The predicted octanol–water partition coefficient (Wildman–Crippen LogP) is 8.75. The van der Waals surface area contributed by atoms with Gasteiger partial charge in [0.2, 0.25) is 0 Å².